The highest BCUT2D eigenvalue weighted by atomic mass is 32.2. The molecule has 2 heterocycles. The van der Waals surface area contributed by atoms with E-state index >= 15 is 0 Å². The van der Waals surface area contributed by atoms with Gasteiger partial charge < -0.3 is 5.32 Å². The lowest BCUT2D eigenvalue weighted by Crippen LogP contribution is -2.33. The van der Waals surface area contributed by atoms with Crippen LogP contribution in [-0.2, 0) is 11.8 Å². The molecule has 1 amide bonds. The van der Waals surface area contributed by atoms with E-state index in [0.717, 1.165) is 11.1 Å². The number of amides is 1. The van der Waals surface area contributed by atoms with Gasteiger partial charge in [-0.1, -0.05) is 47.9 Å². The van der Waals surface area contributed by atoms with Crippen LogP contribution in [0.1, 0.15) is 12.5 Å². The third-order valence-electron chi connectivity index (χ3n) is 5.27. The molecule has 0 saturated heterocycles. The average molecular weight is 396 g/mol. The topological polar surface area (TPSA) is 33.0 Å². The number of carbonyl (C=O) groups is 1. The fraction of sp³-hybridized carbons (Fsp3) is 0.120. The van der Waals surface area contributed by atoms with Crippen LogP contribution in [0.3, 0.4) is 0 Å². The van der Waals surface area contributed by atoms with Gasteiger partial charge in [-0.05, 0) is 30.3 Å². The third-order valence-corrected chi connectivity index (χ3v) is 6.40. The summed E-state index contributed by atoms with van der Waals surface area (Å²) in [6.07, 6.45) is 0. The molecule has 29 heavy (non-hydrogen) atoms. The molecule has 3 nitrogen and oxygen atoms in total. The summed E-state index contributed by atoms with van der Waals surface area (Å²) >= 11 is 1.84. The first-order chi connectivity index (χ1) is 14.1. The summed E-state index contributed by atoms with van der Waals surface area (Å²) in [7, 11) is 2.13. The molecule has 0 unspecified atom stereocenters. The van der Waals surface area contributed by atoms with Crippen LogP contribution in [0.5, 0.6) is 0 Å². The number of carbonyl (C=O) groups excluding carboxylic acids is 1. The Morgan fingerprint density at radius 1 is 1.03 bits per heavy atom. The van der Waals surface area contributed by atoms with Crippen molar-refractivity contribution in [1.29, 1.82) is 0 Å². The van der Waals surface area contributed by atoms with Crippen LogP contribution in [0.2, 0.25) is 0 Å². The van der Waals surface area contributed by atoms with Crippen LogP contribution in [-0.4, -0.2) is 12.5 Å². The van der Waals surface area contributed by atoms with Crippen molar-refractivity contribution in [3.05, 3.63) is 66.2 Å². The van der Waals surface area contributed by atoms with Gasteiger partial charge in [0.1, 0.15) is 7.05 Å². The standard InChI is InChI=1S/C25H18N2OS/c1-16(28)26-14-6-7-17-12-13-18-19-9-5-11-23-24(19)25(27(2)21(18)15-17)20-8-3-4-10-22(20)29-23/h3-5,8-13,15H,14H2,1-2H3/p+1. The van der Waals surface area contributed by atoms with Gasteiger partial charge in [0.15, 0.2) is 0 Å². The minimum absolute atomic E-state index is 0.0675. The van der Waals surface area contributed by atoms with Gasteiger partial charge >= 0.3 is 0 Å². The minimum Gasteiger partial charge on any atom is -0.345 e. The van der Waals surface area contributed by atoms with Gasteiger partial charge in [0.05, 0.1) is 22.9 Å². The van der Waals surface area contributed by atoms with Gasteiger partial charge in [-0.25, -0.2) is 0 Å². The number of nitrogens with one attached hydrogen (secondary N) is 1. The van der Waals surface area contributed by atoms with E-state index in [4.69, 9.17) is 0 Å². The largest absolute Gasteiger partial charge is 0.345 e. The number of benzene rings is 3. The molecule has 1 aliphatic rings. The van der Waals surface area contributed by atoms with E-state index in [1.807, 2.05) is 11.8 Å². The number of nitrogens with zero attached hydrogens (tertiary/aromatic N) is 1. The highest BCUT2D eigenvalue weighted by Gasteiger charge is 2.28. The summed E-state index contributed by atoms with van der Waals surface area (Å²) in [5.41, 5.74) is 4.62. The first-order valence-corrected chi connectivity index (χ1v) is 10.3. The number of aromatic nitrogens is 1. The van der Waals surface area contributed by atoms with Crippen LogP contribution >= 0.6 is 11.8 Å². The molecule has 0 bridgehead atoms. The molecule has 4 aromatic rings. The molecule has 1 aliphatic heterocycles. The van der Waals surface area contributed by atoms with E-state index in [1.54, 1.807) is 0 Å². The second-order valence-corrected chi connectivity index (χ2v) is 8.21. The first-order valence-electron chi connectivity index (χ1n) is 9.52. The summed E-state index contributed by atoms with van der Waals surface area (Å²) < 4.78 is 2.29. The molecule has 0 fully saturated rings. The van der Waals surface area contributed by atoms with Gasteiger partial charge in [0.25, 0.3) is 0 Å². The summed E-state index contributed by atoms with van der Waals surface area (Å²) in [5.74, 6) is 6.12. The van der Waals surface area contributed by atoms with Crippen molar-refractivity contribution in [3.63, 3.8) is 0 Å². The summed E-state index contributed by atoms with van der Waals surface area (Å²) in [6, 6.07) is 21.5. The van der Waals surface area contributed by atoms with Crippen molar-refractivity contribution in [3.8, 4) is 23.1 Å². The first kappa shape index (κ1) is 17.8. The lowest BCUT2D eigenvalue weighted by molar-refractivity contribution is -0.632. The van der Waals surface area contributed by atoms with Crippen molar-refractivity contribution in [1.82, 2.24) is 5.32 Å². The van der Waals surface area contributed by atoms with Crippen LogP contribution in [0.4, 0.5) is 0 Å². The maximum atomic E-state index is 11.0. The molecule has 0 atom stereocenters. The van der Waals surface area contributed by atoms with Crippen molar-refractivity contribution in [2.24, 2.45) is 7.05 Å². The predicted molar refractivity (Wildman–Crippen MR) is 118 cm³/mol. The van der Waals surface area contributed by atoms with E-state index in [-0.39, 0.29) is 5.91 Å². The third kappa shape index (κ3) is 2.95. The highest BCUT2D eigenvalue weighted by Crippen LogP contribution is 2.47. The maximum Gasteiger partial charge on any atom is 0.222 e. The Morgan fingerprint density at radius 2 is 1.86 bits per heavy atom. The monoisotopic (exact) mass is 395 g/mol. The minimum atomic E-state index is -0.0675. The summed E-state index contributed by atoms with van der Waals surface area (Å²) in [5, 5.41) is 6.52. The molecule has 140 valence electrons. The van der Waals surface area contributed by atoms with E-state index in [2.05, 4.69) is 89.4 Å². The normalized spacial score (nSPS) is 11.7. The zero-order valence-corrected chi connectivity index (χ0v) is 17.1. The number of rotatable bonds is 1. The SMILES string of the molecule is CC(=O)NCC#Cc1ccc2c3cccc4c3c([n+](C)c2c1)-c1ccccc1S4. The Kier molecular flexibility index (Phi) is 4.26. The molecular formula is C25H19N2OS+. The fourth-order valence-corrected chi connectivity index (χ4v) is 5.10. The molecule has 0 spiro atoms. The quantitative estimate of drug-likeness (QED) is 0.259. The second kappa shape index (κ2) is 6.95. The number of hydrogen-bond donors (Lipinski definition) is 1. The lowest BCUT2D eigenvalue weighted by atomic mass is 9.98. The van der Waals surface area contributed by atoms with Crippen molar-refractivity contribution >= 4 is 39.3 Å². The lowest BCUT2D eigenvalue weighted by Gasteiger charge is -2.19. The van der Waals surface area contributed by atoms with Gasteiger partial charge in [-0.15, -0.1) is 0 Å². The Bertz CT molecular complexity index is 1380. The molecule has 4 heteroatoms. The highest BCUT2D eigenvalue weighted by molar-refractivity contribution is 7.99. The summed E-state index contributed by atoms with van der Waals surface area (Å²) in [6.45, 7) is 1.86. The van der Waals surface area contributed by atoms with Crippen LogP contribution in [0, 0.1) is 11.8 Å². The second-order valence-electron chi connectivity index (χ2n) is 7.13. The molecule has 0 radical (unpaired) electrons. The van der Waals surface area contributed by atoms with Crippen molar-refractivity contribution in [2.45, 2.75) is 16.7 Å². The zero-order valence-electron chi connectivity index (χ0n) is 16.2. The van der Waals surface area contributed by atoms with Gasteiger partial charge in [0, 0.05) is 33.7 Å². The summed E-state index contributed by atoms with van der Waals surface area (Å²) in [4.78, 5) is 13.6. The molecule has 1 N–H and O–H groups in total. The van der Waals surface area contributed by atoms with E-state index < -0.39 is 0 Å². The molecule has 5 rings (SSSR count). The van der Waals surface area contributed by atoms with Crippen LogP contribution < -0.4 is 9.88 Å². The molecular weight excluding hydrogens is 376 g/mol. The Morgan fingerprint density at radius 3 is 2.72 bits per heavy atom. The molecule has 1 aromatic heterocycles. The molecule has 0 saturated carbocycles. The van der Waals surface area contributed by atoms with Crippen molar-refractivity contribution < 1.29 is 9.36 Å². The number of aryl methyl sites for hydroxylation is 1. The smallest absolute Gasteiger partial charge is 0.222 e. The van der Waals surface area contributed by atoms with Crippen LogP contribution in [0.15, 0.2) is 70.5 Å². The molecule has 0 aliphatic carbocycles. The van der Waals surface area contributed by atoms with Gasteiger partial charge in [-0.2, -0.15) is 4.57 Å². The molecule has 3 aromatic carbocycles. The predicted octanol–water partition coefficient (Wildman–Crippen LogP) is 4.44. The van der Waals surface area contributed by atoms with E-state index in [9.17, 15) is 4.79 Å². The number of hydrogen-bond acceptors (Lipinski definition) is 2. The van der Waals surface area contributed by atoms with Gasteiger partial charge in [-0.3, -0.25) is 4.79 Å². The Labute approximate surface area is 173 Å². The number of pyridine rings is 1. The zero-order chi connectivity index (χ0) is 20.0. The number of fused-ring (bicyclic) bond motifs is 4. The van der Waals surface area contributed by atoms with E-state index in [0.29, 0.717) is 6.54 Å². The van der Waals surface area contributed by atoms with Gasteiger partial charge in [0.2, 0.25) is 17.1 Å². The Hall–Kier alpha value is -3.29. The maximum absolute atomic E-state index is 11.0. The Balaban J connectivity index is 1.76. The van der Waals surface area contributed by atoms with Crippen LogP contribution in [0.25, 0.3) is 32.9 Å². The van der Waals surface area contributed by atoms with Crippen molar-refractivity contribution in [2.75, 3.05) is 6.54 Å². The van der Waals surface area contributed by atoms with E-state index in [1.165, 1.54) is 44.1 Å². The average Bonchev–Trinajstić information content (AvgIpc) is 2.73. The fourth-order valence-electron chi connectivity index (χ4n) is 3.99.